The maximum atomic E-state index is 12.3. The number of piperidine rings is 1. The quantitative estimate of drug-likeness (QED) is 0.741. The summed E-state index contributed by atoms with van der Waals surface area (Å²) in [6.45, 7) is 1.99. The number of likely N-dealkylation sites (tertiary alicyclic amines) is 1. The van der Waals surface area contributed by atoms with Gasteiger partial charge in [0.1, 0.15) is 5.75 Å². The van der Waals surface area contributed by atoms with Gasteiger partial charge in [0, 0.05) is 18.7 Å². The minimum absolute atomic E-state index is 0. The minimum atomic E-state index is -0.372. The summed E-state index contributed by atoms with van der Waals surface area (Å²) in [7, 11) is 1.67. The van der Waals surface area contributed by atoms with E-state index in [2.05, 4.69) is 0 Å². The molecule has 25 heavy (non-hydrogen) atoms. The van der Waals surface area contributed by atoms with Crippen LogP contribution in [0.2, 0.25) is 0 Å². The Labute approximate surface area is 161 Å². The molecule has 1 aromatic carbocycles. The summed E-state index contributed by atoms with van der Waals surface area (Å²) in [5, 5.41) is 0. The number of halogens is 1. The van der Waals surface area contributed by atoms with E-state index >= 15 is 0 Å². The van der Waals surface area contributed by atoms with E-state index in [9.17, 15) is 4.79 Å². The highest BCUT2D eigenvalue weighted by Gasteiger charge is 2.26. The third-order valence-corrected chi connectivity index (χ3v) is 5.01. The fourth-order valence-corrected chi connectivity index (χ4v) is 3.37. The molecule has 142 valence electrons. The van der Waals surface area contributed by atoms with Crippen molar-refractivity contribution in [1.29, 1.82) is 0 Å². The molecule has 1 aliphatic rings. The molecule has 1 unspecified atom stereocenters. The van der Waals surface area contributed by atoms with Crippen molar-refractivity contribution in [3.63, 3.8) is 0 Å². The normalized spacial score (nSPS) is 16.2. The molecule has 7 heteroatoms. The molecule has 2 rings (SSSR count). The highest BCUT2D eigenvalue weighted by Crippen LogP contribution is 2.21. The highest BCUT2D eigenvalue weighted by atomic mass is 35.5. The maximum absolute atomic E-state index is 12.3. The van der Waals surface area contributed by atoms with Crippen LogP contribution < -0.4 is 10.5 Å². The predicted octanol–water partition coefficient (Wildman–Crippen LogP) is 2.71. The smallest absolute Gasteiger partial charge is 0.239 e. The molecular formula is C18H29ClN2O3S. The lowest BCUT2D eigenvalue weighted by molar-refractivity contribution is -0.135. The number of rotatable bonds is 8. The molecule has 1 amide bonds. The van der Waals surface area contributed by atoms with Gasteiger partial charge < -0.3 is 20.1 Å². The van der Waals surface area contributed by atoms with Crippen LogP contribution in [0.1, 0.15) is 24.8 Å². The number of carbonyl (C=O) groups is 1. The van der Waals surface area contributed by atoms with Crippen LogP contribution in [-0.2, 0) is 16.1 Å². The first-order valence-corrected chi connectivity index (χ1v) is 9.82. The van der Waals surface area contributed by atoms with Crippen LogP contribution in [0.25, 0.3) is 0 Å². The molecule has 1 fully saturated rings. The number of nitrogens with two attached hydrogens (primary N) is 1. The number of methoxy groups -OCH3 is 1. The molecule has 0 spiro atoms. The van der Waals surface area contributed by atoms with E-state index in [1.165, 1.54) is 0 Å². The molecule has 5 nitrogen and oxygen atoms in total. The van der Waals surface area contributed by atoms with Gasteiger partial charge in [-0.2, -0.15) is 11.8 Å². The second-order valence-electron chi connectivity index (χ2n) is 6.04. The standard InChI is InChI=1S/C18H28N2O3S.ClH/c1-22-17-6-4-3-5-14(17)13-23-15-7-10-20(11-8-15)18(21)16(19)9-12-24-2;/h3-6,15-16H,7-13,19H2,1-2H3;1H. The van der Waals surface area contributed by atoms with Crippen molar-refractivity contribution in [2.75, 3.05) is 32.2 Å². The van der Waals surface area contributed by atoms with E-state index in [1.54, 1.807) is 18.9 Å². The molecule has 1 heterocycles. The molecule has 1 saturated heterocycles. The fourth-order valence-electron chi connectivity index (χ4n) is 2.88. The van der Waals surface area contributed by atoms with Crippen molar-refractivity contribution >= 4 is 30.1 Å². The lowest BCUT2D eigenvalue weighted by Crippen LogP contribution is -2.48. The molecule has 0 aromatic heterocycles. The summed E-state index contributed by atoms with van der Waals surface area (Å²) >= 11 is 1.72. The second kappa shape index (κ2) is 11.6. The topological polar surface area (TPSA) is 64.8 Å². The van der Waals surface area contributed by atoms with Gasteiger partial charge in [-0.1, -0.05) is 18.2 Å². The van der Waals surface area contributed by atoms with Gasteiger partial charge >= 0.3 is 0 Å². The molecule has 0 aliphatic carbocycles. The molecule has 1 aromatic rings. The first-order chi connectivity index (χ1) is 11.7. The first kappa shape index (κ1) is 22.1. The summed E-state index contributed by atoms with van der Waals surface area (Å²) in [4.78, 5) is 14.2. The second-order valence-corrected chi connectivity index (χ2v) is 7.02. The zero-order chi connectivity index (χ0) is 17.4. The van der Waals surface area contributed by atoms with E-state index in [1.807, 2.05) is 35.4 Å². The molecule has 1 atom stereocenters. The van der Waals surface area contributed by atoms with Gasteiger partial charge in [-0.3, -0.25) is 4.79 Å². The van der Waals surface area contributed by atoms with E-state index in [-0.39, 0.29) is 30.5 Å². The Hall–Kier alpha value is -0.950. The third-order valence-electron chi connectivity index (χ3n) is 4.37. The Kier molecular flexibility index (Phi) is 10.3. The van der Waals surface area contributed by atoms with Gasteiger partial charge in [-0.05, 0) is 37.3 Å². The number of hydrogen-bond acceptors (Lipinski definition) is 5. The van der Waals surface area contributed by atoms with Gasteiger partial charge in [0.25, 0.3) is 0 Å². The fraction of sp³-hybridized carbons (Fsp3) is 0.611. The molecular weight excluding hydrogens is 360 g/mol. The molecule has 0 radical (unpaired) electrons. The van der Waals surface area contributed by atoms with Gasteiger partial charge in [-0.25, -0.2) is 0 Å². The number of nitrogens with zero attached hydrogens (tertiary/aromatic N) is 1. The first-order valence-electron chi connectivity index (χ1n) is 8.42. The van der Waals surface area contributed by atoms with E-state index < -0.39 is 0 Å². The Morgan fingerprint density at radius 3 is 2.68 bits per heavy atom. The minimum Gasteiger partial charge on any atom is -0.496 e. The number of benzene rings is 1. The van der Waals surface area contributed by atoms with Crippen molar-refractivity contribution in [2.24, 2.45) is 5.73 Å². The number of carbonyl (C=O) groups excluding carboxylic acids is 1. The van der Waals surface area contributed by atoms with Crippen LogP contribution in [-0.4, -0.2) is 55.2 Å². The number of amides is 1. The Bertz CT molecular complexity index is 525. The summed E-state index contributed by atoms with van der Waals surface area (Å²) < 4.78 is 11.4. The number of ether oxygens (including phenoxy) is 2. The lowest BCUT2D eigenvalue weighted by Gasteiger charge is -2.33. The van der Waals surface area contributed by atoms with E-state index in [4.69, 9.17) is 15.2 Å². The van der Waals surface area contributed by atoms with Crippen LogP contribution >= 0.6 is 24.2 Å². The zero-order valence-corrected chi connectivity index (χ0v) is 16.6. The van der Waals surface area contributed by atoms with Crippen molar-refractivity contribution in [3.8, 4) is 5.75 Å². The SMILES string of the molecule is COc1ccccc1COC1CCN(C(=O)C(N)CCSC)CC1.Cl. The van der Waals surface area contributed by atoms with Crippen molar-refractivity contribution in [3.05, 3.63) is 29.8 Å². The summed E-state index contributed by atoms with van der Waals surface area (Å²) in [5.41, 5.74) is 7.04. The van der Waals surface area contributed by atoms with Crippen LogP contribution in [0.5, 0.6) is 5.75 Å². The Balaban J connectivity index is 0.00000312. The van der Waals surface area contributed by atoms with E-state index in [0.717, 1.165) is 49.4 Å². The average Bonchev–Trinajstić information content (AvgIpc) is 2.64. The molecule has 0 saturated carbocycles. The summed E-state index contributed by atoms with van der Waals surface area (Å²) in [5.74, 6) is 1.85. The molecule has 1 aliphatic heterocycles. The summed E-state index contributed by atoms with van der Waals surface area (Å²) in [6.07, 6.45) is 4.67. The predicted molar refractivity (Wildman–Crippen MR) is 106 cm³/mol. The Morgan fingerprint density at radius 2 is 2.04 bits per heavy atom. The zero-order valence-electron chi connectivity index (χ0n) is 15.0. The van der Waals surface area contributed by atoms with Crippen LogP contribution in [0.4, 0.5) is 0 Å². The van der Waals surface area contributed by atoms with Crippen LogP contribution in [0.15, 0.2) is 24.3 Å². The highest BCUT2D eigenvalue weighted by molar-refractivity contribution is 7.98. The van der Waals surface area contributed by atoms with Crippen LogP contribution in [0.3, 0.4) is 0 Å². The largest absolute Gasteiger partial charge is 0.496 e. The third kappa shape index (κ3) is 6.70. The maximum Gasteiger partial charge on any atom is 0.239 e. The molecule has 0 bridgehead atoms. The van der Waals surface area contributed by atoms with Crippen LogP contribution in [0, 0.1) is 0 Å². The monoisotopic (exact) mass is 388 g/mol. The molecule has 2 N–H and O–H groups in total. The van der Waals surface area contributed by atoms with Gasteiger partial charge in [0.05, 0.1) is 25.9 Å². The number of hydrogen-bond donors (Lipinski definition) is 1. The number of para-hydroxylation sites is 1. The van der Waals surface area contributed by atoms with Crippen molar-refractivity contribution in [1.82, 2.24) is 4.90 Å². The van der Waals surface area contributed by atoms with Crippen molar-refractivity contribution in [2.45, 2.75) is 38.0 Å². The van der Waals surface area contributed by atoms with E-state index in [0.29, 0.717) is 6.61 Å². The average molecular weight is 389 g/mol. The lowest BCUT2D eigenvalue weighted by atomic mass is 10.1. The Morgan fingerprint density at radius 1 is 1.36 bits per heavy atom. The van der Waals surface area contributed by atoms with Gasteiger partial charge in [-0.15, -0.1) is 12.4 Å². The van der Waals surface area contributed by atoms with Crippen molar-refractivity contribution < 1.29 is 14.3 Å². The van der Waals surface area contributed by atoms with Gasteiger partial charge in [0.2, 0.25) is 5.91 Å². The van der Waals surface area contributed by atoms with Gasteiger partial charge in [0.15, 0.2) is 0 Å². The number of thioether (sulfide) groups is 1. The summed E-state index contributed by atoms with van der Waals surface area (Å²) in [6, 6.07) is 7.52.